The number of hydrogen-bond donors (Lipinski definition) is 6. The van der Waals surface area contributed by atoms with Crippen LogP contribution in [0.15, 0.2) is 58.1 Å². The van der Waals surface area contributed by atoms with E-state index in [0.29, 0.717) is 15.9 Å². The van der Waals surface area contributed by atoms with Gasteiger partial charge in [-0.05, 0) is 70.8 Å². The zero-order valence-corrected chi connectivity index (χ0v) is 24.1. The van der Waals surface area contributed by atoms with Crippen molar-refractivity contribution in [2.75, 3.05) is 35.8 Å². The molecule has 0 bridgehead atoms. The zero-order valence-electron chi connectivity index (χ0n) is 22.5. The first-order valence-corrected chi connectivity index (χ1v) is 13.6. The number of amides is 2. The van der Waals surface area contributed by atoms with Crippen molar-refractivity contribution in [2.45, 2.75) is 33.1 Å². The lowest BCUT2D eigenvalue weighted by molar-refractivity contribution is 0.230. The number of nitrogens with zero attached hydrogens (tertiary/aromatic N) is 1. The van der Waals surface area contributed by atoms with Crippen molar-refractivity contribution in [1.82, 2.24) is 13.6 Å². The van der Waals surface area contributed by atoms with E-state index in [9.17, 15) is 14.4 Å². The molecule has 0 radical (unpaired) electrons. The fourth-order valence-corrected chi connectivity index (χ4v) is 4.55. The number of nitrogen functional groups attached to an aromatic ring is 1. The molecule has 210 valence electrons. The predicted octanol–water partition coefficient (Wildman–Crippen LogP) is 4.90. The Morgan fingerprint density at radius 1 is 0.897 bits per heavy atom. The number of nitrogens with one attached hydrogen (secondary N) is 5. The van der Waals surface area contributed by atoms with Gasteiger partial charge in [-0.25, -0.2) is 4.79 Å². The average Bonchev–Trinajstić information content (AvgIpc) is 3.41. The number of anilines is 6. The van der Waals surface area contributed by atoms with Gasteiger partial charge in [-0.3, -0.25) is 18.3 Å². The molecule has 11 nitrogen and oxygen atoms in total. The Balaban J connectivity index is 0.000000272. The maximum atomic E-state index is 11.8. The summed E-state index contributed by atoms with van der Waals surface area (Å²) in [6.45, 7) is 6.39. The molecule has 4 aromatic rings. The maximum absolute atomic E-state index is 11.8. The molecule has 2 amide bonds. The van der Waals surface area contributed by atoms with E-state index in [2.05, 4.69) is 57.6 Å². The van der Waals surface area contributed by atoms with Crippen LogP contribution >= 0.6 is 23.1 Å². The minimum Gasteiger partial charge on any atom is -0.412 e. The van der Waals surface area contributed by atoms with Crippen LogP contribution in [0.25, 0.3) is 0 Å². The predicted molar refractivity (Wildman–Crippen MR) is 164 cm³/mol. The van der Waals surface area contributed by atoms with Crippen molar-refractivity contribution < 1.29 is 10.3 Å². The third-order valence-electron chi connectivity index (χ3n) is 5.53. The van der Waals surface area contributed by atoms with Gasteiger partial charge in [0.05, 0.1) is 0 Å². The van der Waals surface area contributed by atoms with Crippen molar-refractivity contribution in [3.8, 4) is 0 Å². The molecule has 4 rings (SSSR count). The Kier molecular flexibility index (Phi) is 11.3. The molecule has 0 aliphatic rings. The lowest BCUT2D eigenvalue weighted by atomic mass is 10.0. The summed E-state index contributed by atoms with van der Waals surface area (Å²) in [4.78, 5) is 36.0. The Morgan fingerprint density at radius 2 is 1.41 bits per heavy atom. The molecule has 2 heterocycles. The van der Waals surface area contributed by atoms with Gasteiger partial charge in [0.15, 0.2) is 0 Å². The van der Waals surface area contributed by atoms with E-state index in [-0.39, 0.29) is 34.0 Å². The summed E-state index contributed by atoms with van der Waals surface area (Å²) in [7, 11) is 3.24. The van der Waals surface area contributed by atoms with E-state index < -0.39 is 0 Å². The summed E-state index contributed by atoms with van der Waals surface area (Å²) in [5, 5.41) is 10.1. The molecular formula is C26H35N7O4S2. The van der Waals surface area contributed by atoms with Gasteiger partial charge in [0.2, 0.25) is 0 Å². The van der Waals surface area contributed by atoms with Crippen LogP contribution in [-0.2, 0) is 6.42 Å². The third-order valence-corrected chi connectivity index (χ3v) is 7.14. The van der Waals surface area contributed by atoms with Crippen LogP contribution in [-0.4, -0.2) is 39.2 Å². The summed E-state index contributed by atoms with van der Waals surface area (Å²) >= 11 is 2.36. The lowest BCUT2D eigenvalue weighted by Gasteiger charge is -2.12. The highest BCUT2D eigenvalue weighted by Crippen LogP contribution is 2.27. The van der Waals surface area contributed by atoms with E-state index in [1.165, 1.54) is 27.6 Å². The molecule has 0 saturated heterocycles. The van der Waals surface area contributed by atoms with Crippen LogP contribution in [0.4, 0.5) is 37.5 Å². The van der Waals surface area contributed by atoms with Crippen molar-refractivity contribution in [1.29, 1.82) is 0 Å². The van der Waals surface area contributed by atoms with E-state index in [0.717, 1.165) is 29.3 Å². The fraction of sp³-hybridized carbons (Fsp3) is 0.269. The van der Waals surface area contributed by atoms with Crippen LogP contribution in [0.2, 0.25) is 0 Å². The van der Waals surface area contributed by atoms with Gasteiger partial charge in [0.1, 0.15) is 21.4 Å². The molecule has 9 N–H and O–H groups in total. The number of nitrogens with two attached hydrogens (primary N) is 1. The topological polar surface area (TPSA) is 180 Å². The molecule has 2 aromatic carbocycles. The maximum Gasteiger partial charge on any atom is 0.321 e. The largest absolute Gasteiger partial charge is 0.412 e. The number of aromatic nitrogens is 2. The first-order chi connectivity index (χ1) is 18.1. The highest BCUT2D eigenvalue weighted by molar-refractivity contribution is 7.11. The zero-order chi connectivity index (χ0) is 27.8. The second kappa shape index (κ2) is 14.2. The minimum absolute atomic E-state index is 0. The van der Waals surface area contributed by atoms with Gasteiger partial charge in [-0.15, -0.1) is 0 Å². The monoisotopic (exact) mass is 573 g/mol. The molecule has 0 saturated carbocycles. The third kappa shape index (κ3) is 8.46. The van der Waals surface area contributed by atoms with Crippen LogP contribution in [0.1, 0.15) is 37.8 Å². The van der Waals surface area contributed by atoms with Crippen LogP contribution in [0.3, 0.4) is 0 Å². The number of aromatic amines is 2. The highest BCUT2D eigenvalue weighted by Gasteiger charge is 2.15. The number of urea groups is 1. The van der Waals surface area contributed by atoms with Gasteiger partial charge in [-0.2, -0.15) is 0 Å². The molecule has 0 atom stereocenters. The lowest BCUT2D eigenvalue weighted by Crippen LogP contribution is -2.29. The molecule has 0 spiro atoms. The SMILES string of the molecule is CC(C)c1ccc(Nc2s[nH]c(=O)c2N)cc1.CCc1ccc(Nc2s[nH]c(=O)c2NC(=O)N(C)C)cc1.O. The van der Waals surface area contributed by atoms with Gasteiger partial charge in [-0.1, -0.05) is 45.0 Å². The number of carbonyl (C=O) groups is 1. The van der Waals surface area contributed by atoms with E-state index >= 15 is 0 Å². The van der Waals surface area contributed by atoms with Gasteiger partial charge in [0, 0.05) is 25.5 Å². The average molecular weight is 574 g/mol. The van der Waals surface area contributed by atoms with E-state index in [4.69, 9.17) is 5.73 Å². The number of hydrogen-bond acceptors (Lipinski definition) is 8. The van der Waals surface area contributed by atoms with Crippen LogP contribution in [0.5, 0.6) is 0 Å². The Bertz CT molecular complexity index is 1450. The standard InChI is InChI=1S/C14H18N4O2S.C12H15N3OS.H2O/c1-4-9-5-7-10(8-6-9)15-13-11(12(19)17-21-13)16-14(20)18(2)3;1-7(2)8-3-5-9(6-4-8)14-12-10(13)11(16)15-17-12;/h5-8,15H,4H2,1-3H3,(H,16,20)(H,17,19);3-7,14H,13H2,1-2H3,(H,15,16);1H2. The number of rotatable bonds is 7. The normalized spacial score (nSPS) is 10.2. The number of benzene rings is 2. The smallest absolute Gasteiger partial charge is 0.321 e. The first kappa shape index (κ1) is 31.1. The molecule has 0 aliphatic heterocycles. The van der Waals surface area contributed by atoms with Crippen LogP contribution in [0, 0.1) is 0 Å². The van der Waals surface area contributed by atoms with Crippen molar-refractivity contribution in [3.05, 3.63) is 80.4 Å². The Morgan fingerprint density at radius 3 is 1.90 bits per heavy atom. The van der Waals surface area contributed by atoms with Crippen LogP contribution < -0.4 is 32.8 Å². The summed E-state index contributed by atoms with van der Waals surface area (Å²) < 4.78 is 5.20. The number of carbonyl (C=O) groups excluding carboxylic acids is 1. The summed E-state index contributed by atoms with van der Waals surface area (Å²) in [6, 6.07) is 15.7. The molecule has 0 aliphatic carbocycles. The van der Waals surface area contributed by atoms with Gasteiger partial charge < -0.3 is 32.1 Å². The van der Waals surface area contributed by atoms with Crippen molar-refractivity contribution in [2.24, 2.45) is 0 Å². The van der Waals surface area contributed by atoms with Gasteiger partial charge >= 0.3 is 6.03 Å². The van der Waals surface area contributed by atoms with E-state index in [1.54, 1.807) is 14.1 Å². The fourth-order valence-electron chi connectivity index (χ4n) is 3.16. The molecular weight excluding hydrogens is 538 g/mol. The molecule has 0 unspecified atom stereocenters. The molecule has 13 heteroatoms. The summed E-state index contributed by atoms with van der Waals surface area (Å²) in [5.41, 5.74) is 9.86. The van der Waals surface area contributed by atoms with Crippen molar-refractivity contribution in [3.63, 3.8) is 0 Å². The van der Waals surface area contributed by atoms with Crippen molar-refractivity contribution >= 4 is 61.8 Å². The summed E-state index contributed by atoms with van der Waals surface area (Å²) in [6.07, 6.45) is 0.974. The molecule has 39 heavy (non-hydrogen) atoms. The molecule has 2 aromatic heterocycles. The first-order valence-electron chi connectivity index (χ1n) is 12.0. The number of H-pyrrole nitrogens is 2. The Labute approximate surface area is 234 Å². The minimum atomic E-state index is -0.344. The second-order valence-corrected chi connectivity index (χ2v) is 10.5. The van der Waals surface area contributed by atoms with E-state index in [1.807, 2.05) is 36.4 Å². The Hall–Kier alpha value is -4.07. The quantitative estimate of drug-likeness (QED) is 0.183. The van der Waals surface area contributed by atoms with Gasteiger partial charge in [0.25, 0.3) is 11.1 Å². The summed E-state index contributed by atoms with van der Waals surface area (Å²) in [5.74, 6) is 0.512. The second-order valence-electron chi connectivity index (χ2n) is 8.92. The molecule has 0 fully saturated rings. The number of aryl methyl sites for hydroxylation is 1. The highest BCUT2D eigenvalue weighted by atomic mass is 32.1.